The van der Waals surface area contributed by atoms with Crippen LogP contribution < -0.4 is 0 Å². The van der Waals surface area contributed by atoms with Gasteiger partial charge in [-0.3, -0.25) is 0 Å². The lowest BCUT2D eigenvalue weighted by molar-refractivity contribution is 0.0730. The molecule has 0 N–H and O–H groups in total. The van der Waals surface area contributed by atoms with Crippen molar-refractivity contribution in [2.24, 2.45) is 0 Å². The van der Waals surface area contributed by atoms with Crippen molar-refractivity contribution in [3.63, 3.8) is 0 Å². The number of hydrogen-bond donors (Lipinski definition) is 0. The normalized spacial score (nSPS) is 16.4. The van der Waals surface area contributed by atoms with Gasteiger partial charge >= 0.3 is 0 Å². The molecule has 1 saturated heterocycles. The third-order valence-corrected chi connectivity index (χ3v) is 6.32. The second-order valence-corrected chi connectivity index (χ2v) is 7.84. The quantitative estimate of drug-likeness (QED) is 0.713. The summed E-state index contributed by atoms with van der Waals surface area (Å²) in [7, 11) is -3.56. The number of fused-ring (bicyclic) bond motifs is 1. The minimum Gasteiger partial charge on any atom is -0.379 e. The van der Waals surface area contributed by atoms with E-state index in [1.54, 1.807) is 23.6 Å². The number of hydrogen-bond acceptors (Lipinski definition) is 5. The molecule has 130 valence electrons. The first-order chi connectivity index (χ1) is 12.1. The van der Waals surface area contributed by atoms with Crippen molar-refractivity contribution < 1.29 is 13.2 Å². The second kappa shape index (κ2) is 6.21. The van der Waals surface area contributed by atoms with E-state index in [2.05, 4.69) is 10.1 Å². The summed E-state index contributed by atoms with van der Waals surface area (Å²) >= 11 is 0. The number of sulfonamides is 1. The minimum absolute atomic E-state index is 0.297. The van der Waals surface area contributed by atoms with Crippen molar-refractivity contribution in [1.29, 1.82) is 0 Å². The van der Waals surface area contributed by atoms with Crippen LogP contribution in [0.2, 0.25) is 0 Å². The van der Waals surface area contributed by atoms with Gasteiger partial charge < -0.3 is 4.74 Å². The lowest BCUT2D eigenvalue weighted by Crippen LogP contribution is -2.40. The number of rotatable bonds is 3. The molecule has 0 aliphatic carbocycles. The molecule has 7 nitrogen and oxygen atoms in total. The van der Waals surface area contributed by atoms with Crippen LogP contribution in [-0.4, -0.2) is 53.6 Å². The Morgan fingerprint density at radius 2 is 1.92 bits per heavy atom. The molecule has 1 aliphatic rings. The monoisotopic (exact) mass is 358 g/mol. The number of morpholine rings is 1. The van der Waals surface area contributed by atoms with Crippen molar-refractivity contribution in [2.75, 3.05) is 26.3 Å². The molecule has 2 aromatic heterocycles. The number of pyridine rings is 1. The predicted molar refractivity (Wildman–Crippen MR) is 92.7 cm³/mol. The maximum Gasteiger partial charge on any atom is 0.243 e. The molecule has 8 heteroatoms. The van der Waals surface area contributed by atoms with Crippen molar-refractivity contribution in [2.45, 2.75) is 11.8 Å². The topological polar surface area (TPSA) is 76.8 Å². The largest absolute Gasteiger partial charge is 0.379 e. The van der Waals surface area contributed by atoms with Crippen LogP contribution in [0.3, 0.4) is 0 Å². The molecule has 0 spiro atoms. The van der Waals surface area contributed by atoms with Gasteiger partial charge in [0.2, 0.25) is 10.0 Å². The fourth-order valence-electron chi connectivity index (χ4n) is 2.90. The van der Waals surface area contributed by atoms with Gasteiger partial charge in [0, 0.05) is 24.8 Å². The van der Waals surface area contributed by atoms with E-state index in [0.29, 0.717) is 48.2 Å². The molecule has 0 amide bonds. The zero-order valence-corrected chi connectivity index (χ0v) is 14.6. The Labute approximate surface area is 145 Å². The first kappa shape index (κ1) is 16.2. The van der Waals surface area contributed by atoms with E-state index < -0.39 is 10.0 Å². The van der Waals surface area contributed by atoms with E-state index in [1.165, 1.54) is 4.31 Å². The van der Waals surface area contributed by atoms with Crippen molar-refractivity contribution >= 4 is 15.7 Å². The van der Waals surface area contributed by atoms with E-state index in [-0.39, 0.29) is 0 Å². The third-order valence-electron chi connectivity index (χ3n) is 4.28. The molecule has 0 saturated carbocycles. The van der Waals surface area contributed by atoms with Crippen LogP contribution in [0.5, 0.6) is 0 Å². The first-order valence-electron chi connectivity index (χ1n) is 8.06. The van der Waals surface area contributed by atoms with Gasteiger partial charge in [-0.05, 0) is 30.7 Å². The van der Waals surface area contributed by atoms with Crippen molar-refractivity contribution in [3.05, 3.63) is 48.2 Å². The van der Waals surface area contributed by atoms with E-state index >= 15 is 0 Å². The summed E-state index contributed by atoms with van der Waals surface area (Å²) in [5.41, 5.74) is 2.11. The molecule has 1 aromatic carbocycles. The number of nitrogens with zero attached hydrogens (tertiary/aromatic N) is 4. The van der Waals surface area contributed by atoms with Crippen LogP contribution in [0.4, 0.5) is 0 Å². The Hall–Kier alpha value is -2.29. The summed E-state index contributed by atoms with van der Waals surface area (Å²) in [5, 5.41) is 4.43. The van der Waals surface area contributed by atoms with Crippen LogP contribution >= 0.6 is 0 Å². The fourth-order valence-corrected chi connectivity index (χ4v) is 4.56. The first-order valence-corrected chi connectivity index (χ1v) is 9.50. The van der Waals surface area contributed by atoms with Crippen LogP contribution in [0.1, 0.15) is 5.56 Å². The van der Waals surface area contributed by atoms with Crippen LogP contribution in [0.25, 0.3) is 17.0 Å². The highest BCUT2D eigenvalue weighted by Gasteiger charge is 2.28. The smallest absolute Gasteiger partial charge is 0.243 e. The van der Waals surface area contributed by atoms with Gasteiger partial charge in [-0.1, -0.05) is 18.2 Å². The SMILES string of the molecule is Cc1ccc(-c2nc3ccccn3n2)cc1S(=O)(=O)N1CCOCC1. The molecule has 1 aliphatic heterocycles. The lowest BCUT2D eigenvalue weighted by Gasteiger charge is -2.26. The molecule has 0 bridgehead atoms. The molecular formula is C17H18N4O3S. The van der Waals surface area contributed by atoms with Gasteiger partial charge in [0.15, 0.2) is 11.5 Å². The summed E-state index contributed by atoms with van der Waals surface area (Å²) in [4.78, 5) is 4.77. The number of aromatic nitrogens is 3. The predicted octanol–water partition coefficient (Wildman–Crippen LogP) is 1.73. The number of aryl methyl sites for hydroxylation is 1. The average molecular weight is 358 g/mol. The van der Waals surface area contributed by atoms with Crippen LogP contribution in [0.15, 0.2) is 47.5 Å². The highest BCUT2D eigenvalue weighted by atomic mass is 32.2. The Bertz CT molecular complexity index is 990. The highest BCUT2D eigenvalue weighted by Crippen LogP contribution is 2.26. The van der Waals surface area contributed by atoms with Gasteiger partial charge in [0.05, 0.1) is 18.1 Å². The van der Waals surface area contributed by atoms with Gasteiger partial charge in [-0.25, -0.2) is 17.9 Å². The van der Waals surface area contributed by atoms with Gasteiger partial charge in [0.1, 0.15) is 0 Å². The molecule has 3 aromatic rings. The molecular weight excluding hydrogens is 340 g/mol. The molecule has 0 atom stereocenters. The van der Waals surface area contributed by atoms with E-state index in [1.807, 2.05) is 30.5 Å². The summed E-state index contributed by atoms with van der Waals surface area (Å²) in [6.45, 7) is 3.39. The summed E-state index contributed by atoms with van der Waals surface area (Å²) in [6.07, 6.45) is 1.81. The zero-order valence-electron chi connectivity index (χ0n) is 13.8. The van der Waals surface area contributed by atoms with Crippen LogP contribution in [0, 0.1) is 6.92 Å². The van der Waals surface area contributed by atoms with Gasteiger partial charge in [-0.15, -0.1) is 5.10 Å². The zero-order chi connectivity index (χ0) is 17.4. The lowest BCUT2D eigenvalue weighted by atomic mass is 10.1. The molecule has 0 radical (unpaired) electrons. The Kier molecular flexibility index (Phi) is 4.03. The van der Waals surface area contributed by atoms with Gasteiger partial charge in [-0.2, -0.15) is 4.31 Å². The number of benzene rings is 1. The maximum absolute atomic E-state index is 13.0. The Morgan fingerprint density at radius 1 is 1.12 bits per heavy atom. The summed E-state index contributed by atoms with van der Waals surface area (Å²) < 4.78 is 34.4. The molecule has 3 heterocycles. The minimum atomic E-state index is -3.56. The molecule has 0 unspecified atom stereocenters. The standard InChI is InChI=1S/C17H18N4O3S/c1-13-5-6-14(17-18-16-4-2-3-7-21(16)19-17)12-15(13)25(22,23)20-8-10-24-11-9-20/h2-7,12H,8-11H2,1H3. The number of ether oxygens (including phenoxy) is 1. The molecule has 4 rings (SSSR count). The average Bonchev–Trinajstić information content (AvgIpc) is 3.07. The van der Waals surface area contributed by atoms with E-state index in [0.717, 1.165) is 5.65 Å². The summed E-state index contributed by atoms with van der Waals surface area (Å²) in [5.74, 6) is 0.504. The third kappa shape index (κ3) is 2.92. The molecule has 25 heavy (non-hydrogen) atoms. The van der Waals surface area contributed by atoms with Crippen molar-refractivity contribution in [3.8, 4) is 11.4 Å². The summed E-state index contributed by atoms with van der Waals surface area (Å²) in [6, 6.07) is 10.9. The second-order valence-electron chi connectivity index (χ2n) is 5.94. The van der Waals surface area contributed by atoms with Gasteiger partial charge in [0.25, 0.3) is 0 Å². The van der Waals surface area contributed by atoms with Crippen LogP contribution in [-0.2, 0) is 14.8 Å². The fraction of sp³-hybridized carbons (Fsp3) is 0.294. The Morgan fingerprint density at radius 3 is 2.68 bits per heavy atom. The van der Waals surface area contributed by atoms with E-state index in [9.17, 15) is 8.42 Å². The van der Waals surface area contributed by atoms with Crippen molar-refractivity contribution in [1.82, 2.24) is 18.9 Å². The maximum atomic E-state index is 13.0. The highest BCUT2D eigenvalue weighted by molar-refractivity contribution is 7.89. The van der Waals surface area contributed by atoms with E-state index in [4.69, 9.17) is 4.74 Å². The Balaban J connectivity index is 1.78. The molecule has 1 fully saturated rings.